The fraction of sp³-hybridized carbons (Fsp3) is 0.417. The van der Waals surface area contributed by atoms with Crippen molar-refractivity contribution in [2.75, 3.05) is 21.3 Å². The molecule has 0 bridgehead atoms. The van der Waals surface area contributed by atoms with Crippen molar-refractivity contribution >= 4 is 5.71 Å². The van der Waals surface area contributed by atoms with Crippen molar-refractivity contribution in [3.63, 3.8) is 0 Å². The number of hydrogen-bond acceptors (Lipinski definition) is 4. The largest absolute Gasteiger partial charge is 0.497 e. The average Bonchev–Trinajstić information content (AvgIpc) is 2.29. The fourth-order valence-corrected chi connectivity index (χ4v) is 1.48. The Hall–Kier alpha value is -1.71. The summed E-state index contributed by atoms with van der Waals surface area (Å²) in [5.74, 6) is 1.63. The van der Waals surface area contributed by atoms with Gasteiger partial charge in [-0.3, -0.25) is 0 Å². The van der Waals surface area contributed by atoms with Crippen LogP contribution in [0, 0.1) is 0 Å². The predicted molar refractivity (Wildman–Crippen MR) is 63.4 cm³/mol. The van der Waals surface area contributed by atoms with Crippen LogP contribution >= 0.6 is 0 Å². The van der Waals surface area contributed by atoms with Crippen molar-refractivity contribution in [2.24, 2.45) is 5.16 Å². The molecule has 0 amide bonds. The van der Waals surface area contributed by atoms with Crippen molar-refractivity contribution in [1.29, 1.82) is 0 Å². The van der Waals surface area contributed by atoms with E-state index in [9.17, 15) is 0 Å². The molecule has 0 aliphatic carbocycles. The van der Waals surface area contributed by atoms with E-state index in [4.69, 9.17) is 14.3 Å². The van der Waals surface area contributed by atoms with Crippen LogP contribution in [0.1, 0.15) is 12.5 Å². The van der Waals surface area contributed by atoms with Gasteiger partial charge in [-0.1, -0.05) is 5.16 Å². The Morgan fingerprint density at radius 1 is 1.19 bits per heavy atom. The number of ether oxygens (including phenoxy) is 2. The number of oxime groups is 1. The van der Waals surface area contributed by atoms with Gasteiger partial charge in [-0.25, -0.2) is 0 Å². The van der Waals surface area contributed by atoms with Crippen molar-refractivity contribution in [3.8, 4) is 11.5 Å². The van der Waals surface area contributed by atoms with E-state index in [2.05, 4.69) is 5.16 Å². The maximum atomic E-state index is 5.27. The summed E-state index contributed by atoms with van der Waals surface area (Å²) >= 11 is 0. The maximum Gasteiger partial charge on any atom is 0.122 e. The third kappa shape index (κ3) is 3.15. The smallest absolute Gasteiger partial charge is 0.122 e. The van der Waals surface area contributed by atoms with Crippen LogP contribution in [0.25, 0.3) is 0 Å². The van der Waals surface area contributed by atoms with Crippen molar-refractivity contribution in [3.05, 3.63) is 23.8 Å². The second kappa shape index (κ2) is 6.00. The first-order chi connectivity index (χ1) is 7.71. The van der Waals surface area contributed by atoms with Gasteiger partial charge < -0.3 is 14.3 Å². The molecule has 0 saturated carbocycles. The molecular weight excluding hydrogens is 206 g/mol. The summed E-state index contributed by atoms with van der Waals surface area (Å²) in [4.78, 5) is 4.72. The van der Waals surface area contributed by atoms with E-state index in [-0.39, 0.29) is 0 Å². The highest BCUT2D eigenvalue weighted by molar-refractivity contribution is 5.84. The highest BCUT2D eigenvalue weighted by Crippen LogP contribution is 2.24. The highest BCUT2D eigenvalue weighted by Gasteiger charge is 2.06. The van der Waals surface area contributed by atoms with Gasteiger partial charge in [-0.05, 0) is 25.1 Å². The van der Waals surface area contributed by atoms with E-state index in [0.717, 1.165) is 22.8 Å². The van der Waals surface area contributed by atoms with Gasteiger partial charge in [0.05, 0.1) is 19.9 Å². The van der Waals surface area contributed by atoms with Gasteiger partial charge in [0.15, 0.2) is 0 Å². The second-order valence-electron chi connectivity index (χ2n) is 3.36. The Bertz CT molecular complexity index is 375. The molecular formula is C12H17NO3. The SMILES string of the molecule is CO/N=C(\C)Cc1cc(OC)ccc1OC. The molecule has 0 spiro atoms. The van der Waals surface area contributed by atoms with Gasteiger partial charge in [0.25, 0.3) is 0 Å². The van der Waals surface area contributed by atoms with Crippen LogP contribution in [0.5, 0.6) is 11.5 Å². The minimum Gasteiger partial charge on any atom is -0.497 e. The van der Waals surface area contributed by atoms with E-state index in [1.165, 1.54) is 7.11 Å². The number of nitrogens with zero attached hydrogens (tertiary/aromatic N) is 1. The van der Waals surface area contributed by atoms with Crippen LogP contribution in [0.3, 0.4) is 0 Å². The van der Waals surface area contributed by atoms with Crippen LogP contribution in [0.15, 0.2) is 23.4 Å². The molecule has 0 aromatic heterocycles. The average molecular weight is 223 g/mol. The van der Waals surface area contributed by atoms with Crippen LogP contribution in [0.2, 0.25) is 0 Å². The zero-order valence-corrected chi connectivity index (χ0v) is 10.1. The first-order valence-corrected chi connectivity index (χ1v) is 4.98. The second-order valence-corrected chi connectivity index (χ2v) is 3.36. The molecule has 88 valence electrons. The zero-order valence-electron chi connectivity index (χ0n) is 10.1. The molecule has 0 heterocycles. The van der Waals surface area contributed by atoms with Gasteiger partial charge in [0, 0.05) is 12.0 Å². The summed E-state index contributed by atoms with van der Waals surface area (Å²) in [6.45, 7) is 1.91. The molecule has 0 saturated heterocycles. The molecule has 0 radical (unpaired) electrons. The molecule has 4 heteroatoms. The minimum atomic E-state index is 0.675. The summed E-state index contributed by atoms with van der Waals surface area (Å²) in [5, 5.41) is 3.87. The monoisotopic (exact) mass is 223 g/mol. The normalized spacial score (nSPS) is 11.1. The Balaban J connectivity index is 2.95. The van der Waals surface area contributed by atoms with E-state index < -0.39 is 0 Å². The number of benzene rings is 1. The summed E-state index contributed by atoms with van der Waals surface area (Å²) in [6, 6.07) is 5.69. The lowest BCUT2D eigenvalue weighted by Crippen LogP contribution is -2.01. The molecule has 0 unspecified atom stereocenters. The van der Waals surface area contributed by atoms with Crippen molar-refractivity contribution in [2.45, 2.75) is 13.3 Å². The molecule has 0 atom stereocenters. The first kappa shape index (κ1) is 12.4. The quantitative estimate of drug-likeness (QED) is 0.568. The third-order valence-corrected chi connectivity index (χ3v) is 2.18. The summed E-state index contributed by atoms with van der Waals surface area (Å²) in [6.07, 6.45) is 0.675. The minimum absolute atomic E-state index is 0.675. The summed E-state index contributed by atoms with van der Waals surface area (Å²) in [7, 11) is 4.82. The van der Waals surface area contributed by atoms with Gasteiger partial charge >= 0.3 is 0 Å². The molecule has 16 heavy (non-hydrogen) atoms. The standard InChI is InChI=1S/C12H17NO3/c1-9(13-16-4)7-10-8-11(14-2)5-6-12(10)15-3/h5-6,8H,7H2,1-4H3/b13-9+. The van der Waals surface area contributed by atoms with E-state index in [1.807, 2.05) is 25.1 Å². The van der Waals surface area contributed by atoms with Crippen LogP contribution in [-0.2, 0) is 11.3 Å². The van der Waals surface area contributed by atoms with Crippen LogP contribution in [0.4, 0.5) is 0 Å². The number of rotatable bonds is 5. The molecule has 0 aliphatic rings. The highest BCUT2D eigenvalue weighted by atomic mass is 16.6. The third-order valence-electron chi connectivity index (χ3n) is 2.18. The molecule has 0 aliphatic heterocycles. The number of methoxy groups -OCH3 is 2. The molecule has 1 rings (SSSR count). The molecule has 0 fully saturated rings. The molecule has 0 N–H and O–H groups in total. The maximum absolute atomic E-state index is 5.27. The van der Waals surface area contributed by atoms with Crippen molar-refractivity contribution < 1.29 is 14.3 Å². The van der Waals surface area contributed by atoms with Crippen LogP contribution in [-0.4, -0.2) is 27.0 Å². The molecule has 4 nitrogen and oxygen atoms in total. The lowest BCUT2D eigenvalue weighted by Gasteiger charge is -2.09. The topological polar surface area (TPSA) is 40.0 Å². The number of hydrogen-bond donors (Lipinski definition) is 0. The van der Waals surface area contributed by atoms with Gasteiger partial charge in [0.2, 0.25) is 0 Å². The first-order valence-electron chi connectivity index (χ1n) is 4.98. The van der Waals surface area contributed by atoms with Gasteiger partial charge in [-0.2, -0.15) is 0 Å². The lowest BCUT2D eigenvalue weighted by atomic mass is 10.1. The Kier molecular flexibility index (Phi) is 4.64. The predicted octanol–water partition coefficient (Wildman–Crippen LogP) is 2.27. The fourth-order valence-electron chi connectivity index (χ4n) is 1.48. The molecule has 1 aromatic rings. The summed E-state index contributed by atoms with van der Waals surface area (Å²) < 4.78 is 10.4. The van der Waals surface area contributed by atoms with E-state index in [1.54, 1.807) is 14.2 Å². The lowest BCUT2D eigenvalue weighted by molar-refractivity contribution is 0.212. The Morgan fingerprint density at radius 2 is 1.94 bits per heavy atom. The summed E-state index contributed by atoms with van der Waals surface area (Å²) in [5.41, 5.74) is 1.91. The Labute approximate surface area is 95.8 Å². The van der Waals surface area contributed by atoms with Crippen molar-refractivity contribution in [1.82, 2.24) is 0 Å². The molecule has 1 aromatic carbocycles. The van der Waals surface area contributed by atoms with E-state index in [0.29, 0.717) is 6.42 Å². The zero-order chi connectivity index (χ0) is 12.0. The van der Waals surface area contributed by atoms with E-state index >= 15 is 0 Å². The van der Waals surface area contributed by atoms with Gasteiger partial charge in [-0.15, -0.1) is 0 Å². The van der Waals surface area contributed by atoms with Crippen LogP contribution < -0.4 is 9.47 Å². The Morgan fingerprint density at radius 3 is 2.50 bits per heavy atom. The van der Waals surface area contributed by atoms with Gasteiger partial charge in [0.1, 0.15) is 18.6 Å².